The summed E-state index contributed by atoms with van der Waals surface area (Å²) >= 11 is 1.35. The Kier molecular flexibility index (Phi) is 7.26. The maximum atomic E-state index is 12.1. The van der Waals surface area contributed by atoms with E-state index in [1.165, 1.54) is 11.8 Å². The standard InChI is InChI=1S/C21H22N4O2S/c1-2-13-25-19(15-27-18-11-7-4-8-12-18)23-24-21(25)28-16-20(26)22-14-17-9-5-3-6-10-17/h2-12H,1,13-16H2,(H,22,26). The summed E-state index contributed by atoms with van der Waals surface area (Å²) in [6, 6.07) is 19.4. The number of carbonyl (C=O) groups is 1. The van der Waals surface area contributed by atoms with Crippen molar-refractivity contribution in [2.45, 2.75) is 24.9 Å². The van der Waals surface area contributed by atoms with Gasteiger partial charge < -0.3 is 10.1 Å². The van der Waals surface area contributed by atoms with Crippen LogP contribution in [-0.2, 0) is 24.5 Å². The first-order valence-electron chi connectivity index (χ1n) is 8.90. The van der Waals surface area contributed by atoms with Crippen LogP contribution in [0.15, 0.2) is 78.5 Å². The number of nitrogens with zero attached hydrogens (tertiary/aromatic N) is 3. The summed E-state index contributed by atoms with van der Waals surface area (Å²) in [5.41, 5.74) is 1.07. The molecule has 0 aliphatic heterocycles. The minimum absolute atomic E-state index is 0.0518. The highest BCUT2D eigenvalue weighted by Gasteiger charge is 2.14. The molecule has 0 unspecified atom stereocenters. The molecular weight excluding hydrogens is 372 g/mol. The first kappa shape index (κ1) is 19.7. The van der Waals surface area contributed by atoms with E-state index in [-0.39, 0.29) is 11.7 Å². The molecule has 3 aromatic rings. The summed E-state index contributed by atoms with van der Waals surface area (Å²) in [5.74, 6) is 1.67. The number of nitrogens with one attached hydrogen (secondary N) is 1. The van der Waals surface area contributed by atoms with Crippen LogP contribution in [0, 0.1) is 0 Å². The van der Waals surface area contributed by atoms with Crippen molar-refractivity contribution in [1.29, 1.82) is 0 Å². The van der Waals surface area contributed by atoms with Crippen LogP contribution in [0.5, 0.6) is 5.75 Å². The van der Waals surface area contributed by atoms with E-state index in [9.17, 15) is 4.79 Å². The number of aromatic nitrogens is 3. The molecule has 0 aliphatic rings. The number of hydrogen-bond acceptors (Lipinski definition) is 5. The lowest BCUT2D eigenvalue weighted by Crippen LogP contribution is -2.24. The summed E-state index contributed by atoms with van der Waals surface area (Å²) in [7, 11) is 0. The topological polar surface area (TPSA) is 69.0 Å². The van der Waals surface area contributed by atoms with Gasteiger partial charge in [-0.05, 0) is 17.7 Å². The van der Waals surface area contributed by atoms with E-state index in [1.807, 2.05) is 65.2 Å². The zero-order valence-electron chi connectivity index (χ0n) is 15.5. The highest BCUT2D eigenvalue weighted by molar-refractivity contribution is 7.99. The zero-order valence-corrected chi connectivity index (χ0v) is 16.3. The molecule has 3 rings (SSSR count). The second-order valence-electron chi connectivity index (χ2n) is 5.95. The number of thioether (sulfide) groups is 1. The van der Waals surface area contributed by atoms with Gasteiger partial charge in [0.15, 0.2) is 11.0 Å². The lowest BCUT2D eigenvalue weighted by molar-refractivity contribution is -0.118. The van der Waals surface area contributed by atoms with Gasteiger partial charge in [-0.2, -0.15) is 0 Å². The Morgan fingerprint density at radius 1 is 1.11 bits per heavy atom. The molecule has 0 atom stereocenters. The van der Waals surface area contributed by atoms with Crippen LogP contribution in [-0.4, -0.2) is 26.4 Å². The Morgan fingerprint density at radius 2 is 1.82 bits per heavy atom. The lowest BCUT2D eigenvalue weighted by Gasteiger charge is -2.09. The Balaban J connectivity index is 1.54. The third kappa shape index (κ3) is 5.72. The van der Waals surface area contributed by atoms with Gasteiger partial charge in [-0.25, -0.2) is 0 Å². The second kappa shape index (κ2) is 10.3. The predicted octanol–water partition coefficient (Wildman–Crippen LogP) is 3.45. The molecule has 28 heavy (non-hydrogen) atoms. The summed E-state index contributed by atoms with van der Waals surface area (Å²) in [5, 5.41) is 12.0. The minimum Gasteiger partial charge on any atom is -0.486 e. The molecule has 6 nitrogen and oxygen atoms in total. The molecule has 1 heterocycles. The van der Waals surface area contributed by atoms with Gasteiger partial charge in [0.2, 0.25) is 5.91 Å². The second-order valence-corrected chi connectivity index (χ2v) is 6.89. The maximum Gasteiger partial charge on any atom is 0.230 e. The van der Waals surface area contributed by atoms with Crippen molar-refractivity contribution in [3.8, 4) is 5.75 Å². The molecule has 7 heteroatoms. The number of hydrogen-bond donors (Lipinski definition) is 1. The number of amides is 1. The van der Waals surface area contributed by atoms with E-state index in [1.54, 1.807) is 6.08 Å². The molecule has 0 fully saturated rings. The average Bonchev–Trinajstić information content (AvgIpc) is 3.12. The fourth-order valence-corrected chi connectivity index (χ4v) is 3.28. The lowest BCUT2D eigenvalue weighted by atomic mass is 10.2. The van der Waals surface area contributed by atoms with Crippen molar-refractivity contribution in [1.82, 2.24) is 20.1 Å². The molecule has 144 valence electrons. The Bertz CT molecular complexity index is 897. The molecule has 0 saturated carbocycles. The fourth-order valence-electron chi connectivity index (χ4n) is 2.49. The summed E-state index contributed by atoms with van der Waals surface area (Å²) in [6.07, 6.45) is 1.77. The molecule has 2 aromatic carbocycles. The monoisotopic (exact) mass is 394 g/mol. The highest BCUT2D eigenvalue weighted by Crippen LogP contribution is 2.18. The first-order valence-corrected chi connectivity index (χ1v) is 9.89. The van der Waals surface area contributed by atoms with Crippen LogP contribution in [0.3, 0.4) is 0 Å². The summed E-state index contributed by atoms with van der Waals surface area (Å²) in [4.78, 5) is 12.1. The van der Waals surface area contributed by atoms with Crippen molar-refractivity contribution in [2.24, 2.45) is 0 Å². The van der Waals surface area contributed by atoms with Crippen LogP contribution in [0.4, 0.5) is 0 Å². The van der Waals surface area contributed by atoms with Crippen LogP contribution in [0.25, 0.3) is 0 Å². The quantitative estimate of drug-likeness (QED) is 0.421. The van der Waals surface area contributed by atoms with Crippen molar-refractivity contribution in [3.05, 3.63) is 84.7 Å². The molecule has 0 radical (unpaired) electrons. The summed E-state index contributed by atoms with van der Waals surface area (Å²) in [6.45, 7) is 5.15. The maximum absolute atomic E-state index is 12.1. The molecule has 1 N–H and O–H groups in total. The molecule has 0 bridgehead atoms. The Hall–Kier alpha value is -3.06. The van der Waals surface area contributed by atoms with E-state index in [4.69, 9.17) is 4.74 Å². The largest absolute Gasteiger partial charge is 0.486 e. The van der Waals surface area contributed by atoms with Gasteiger partial charge in [0.25, 0.3) is 0 Å². The highest BCUT2D eigenvalue weighted by atomic mass is 32.2. The Morgan fingerprint density at radius 3 is 2.54 bits per heavy atom. The van der Waals surface area contributed by atoms with Gasteiger partial charge >= 0.3 is 0 Å². The van der Waals surface area contributed by atoms with Gasteiger partial charge in [-0.1, -0.05) is 66.4 Å². The van der Waals surface area contributed by atoms with Crippen LogP contribution in [0.1, 0.15) is 11.4 Å². The van der Waals surface area contributed by atoms with E-state index in [0.717, 1.165) is 11.3 Å². The van der Waals surface area contributed by atoms with Gasteiger partial charge in [-0.3, -0.25) is 9.36 Å². The number of para-hydroxylation sites is 1. The van der Waals surface area contributed by atoms with Gasteiger partial charge in [0.1, 0.15) is 12.4 Å². The Labute approximate surface area is 168 Å². The van der Waals surface area contributed by atoms with E-state index >= 15 is 0 Å². The van der Waals surface area contributed by atoms with Gasteiger partial charge in [0, 0.05) is 13.1 Å². The third-order valence-electron chi connectivity index (χ3n) is 3.88. The average molecular weight is 395 g/mol. The number of carbonyl (C=O) groups excluding carboxylic acids is 1. The van der Waals surface area contributed by atoms with Crippen molar-refractivity contribution in [3.63, 3.8) is 0 Å². The molecular formula is C21H22N4O2S. The number of ether oxygens (including phenoxy) is 1. The zero-order chi connectivity index (χ0) is 19.6. The van der Waals surface area contributed by atoms with Gasteiger partial charge in [-0.15, -0.1) is 16.8 Å². The summed E-state index contributed by atoms with van der Waals surface area (Å²) < 4.78 is 7.67. The normalized spacial score (nSPS) is 10.4. The molecule has 1 amide bonds. The van der Waals surface area contributed by atoms with Crippen LogP contribution in [0.2, 0.25) is 0 Å². The molecule has 1 aromatic heterocycles. The number of allylic oxidation sites excluding steroid dienone is 1. The fraction of sp³-hybridized carbons (Fsp3) is 0.190. The first-order chi connectivity index (χ1) is 13.8. The van der Waals surface area contributed by atoms with Crippen LogP contribution >= 0.6 is 11.8 Å². The van der Waals surface area contributed by atoms with E-state index in [2.05, 4.69) is 22.1 Å². The molecule has 0 aliphatic carbocycles. The van der Waals surface area contributed by atoms with Crippen molar-refractivity contribution >= 4 is 17.7 Å². The molecule has 0 spiro atoms. The smallest absolute Gasteiger partial charge is 0.230 e. The molecule has 0 saturated heterocycles. The van der Waals surface area contributed by atoms with Crippen LogP contribution < -0.4 is 10.1 Å². The third-order valence-corrected chi connectivity index (χ3v) is 4.85. The van der Waals surface area contributed by atoms with Gasteiger partial charge in [0.05, 0.1) is 5.75 Å². The number of benzene rings is 2. The van der Waals surface area contributed by atoms with Crippen molar-refractivity contribution < 1.29 is 9.53 Å². The van der Waals surface area contributed by atoms with E-state index < -0.39 is 0 Å². The van der Waals surface area contributed by atoms with E-state index in [0.29, 0.717) is 30.7 Å². The predicted molar refractivity (Wildman–Crippen MR) is 110 cm³/mol. The SMILES string of the molecule is C=CCn1c(COc2ccccc2)nnc1SCC(=O)NCc1ccccc1. The minimum atomic E-state index is -0.0518. The van der Waals surface area contributed by atoms with Crippen molar-refractivity contribution in [2.75, 3.05) is 5.75 Å². The number of rotatable bonds is 10.